The van der Waals surface area contributed by atoms with E-state index in [1.54, 1.807) is 0 Å². The highest BCUT2D eigenvalue weighted by atomic mass is 35.6. The molecule has 2 unspecified atom stereocenters. The Bertz CT molecular complexity index is 949. The van der Waals surface area contributed by atoms with Crippen LogP contribution in [0.3, 0.4) is 0 Å². The standard InChI is InChI=1S/C25H24ClSi/c1-3-19-17-23-21(20-12-5-4-6-13-20)14-8-9-15-22(23)25(19)27(26)24-16-10-7-11-18(24)2/h4-17,21,25H,3H2,1-2H3. The lowest BCUT2D eigenvalue weighted by Crippen LogP contribution is -2.32. The molecule has 135 valence electrons. The first-order chi connectivity index (χ1) is 13.2. The number of aryl methyl sites for hydroxylation is 1. The van der Waals surface area contributed by atoms with Crippen molar-refractivity contribution in [3.05, 3.63) is 113 Å². The van der Waals surface area contributed by atoms with E-state index in [0.717, 1.165) is 6.42 Å². The summed E-state index contributed by atoms with van der Waals surface area (Å²) in [6.07, 6.45) is 12.5. The van der Waals surface area contributed by atoms with Crippen molar-refractivity contribution in [1.29, 1.82) is 0 Å². The second-order valence-electron chi connectivity index (χ2n) is 7.21. The summed E-state index contributed by atoms with van der Waals surface area (Å²) in [5.41, 5.74) is 7.30. The summed E-state index contributed by atoms with van der Waals surface area (Å²) < 4.78 is 0. The van der Waals surface area contributed by atoms with Gasteiger partial charge in [0, 0.05) is 11.5 Å². The van der Waals surface area contributed by atoms with Crippen molar-refractivity contribution >= 4 is 24.4 Å². The van der Waals surface area contributed by atoms with E-state index in [9.17, 15) is 0 Å². The first-order valence-electron chi connectivity index (χ1n) is 9.63. The molecule has 2 aliphatic rings. The van der Waals surface area contributed by atoms with Gasteiger partial charge in [-0.3, -0.25) is 0 Å². The number of hydrogen-bond acceptors (Lipinski definition) is 0. The molecule has 2 aliphatic carbocycles. The summed E-state index contributed by atoms with van der Waals surface area (Å²) in [4.78, 5) is 0. The Labute approximate surface area is 168 Å². The van der Waals surface area contributed by atoms with Gasteiger partial charge in [-0.1, -0.05) is 103 Å². The molecule has 0 nitrogen and oxygen atoms in total. The van der Waals surface area contributed by atoms with Crippen molar-refractivity contribution in [2.24, 2.45) is 0 Å². The van der Waals surface area contributed by atoms with Crippen LogP contribution in [0.2, 0.25) is 5.54 Å². The first kappa shape index (κ1) is 18.3. The van der Waals surface area contributed by atoms with Crippen molar-refractivity contribution in [2.75, 3.05) is 0 Å². The topological polar surface area (TPSA) is 0 Å². The summed E-state index contributed by atoms with van der Waals surface area (Å²) in [5, 5.41) is 1.34. The lowest BCUT2D eigenvalue weighted by molar-refractivity contribution is 1.01. The fourth-order valence-electron chi connectivity index (χ4n) is 4.19. The number of benzene rings is 2. The molecule has 4 rings (SSSR count). The minimum absolute atomic E-state index is 0.297. The molecule has 0 saturated carbocycles. The van der Waals surface area contributed by atoms with Crippen LogP contribution in [0.25, 0.3) is 0 Å². The first-order valence-corrected chi connectivity index (χ1v) is 12.2. The molecule has 0 amide bonds. The third-order valence-electron chi connectivity index (χ3n) is 5.60. The highest BCUT2D eigenvalue weighted by molar-refractivity contribution is 7.15. The van der Waals surface area contributed by atoms with Gasteiger partial charge in [0.15, 0.2) is 0 Å². The van der Waals surface area contributed by atoms with E-state index in [1.807, 2.05) is 0 Å². The summed E-state index contributed by atoms with van der Waals surface area (Å²) in [6, 6.07) is 19.4. The quantitative estimate of drug-likeness (QED) is 0.423. The monoisotopic (exact) mass is 387 g/mol. The second-order valence-corrected chi connectivity index (χ2v) is 10.2. The van der Waals surface area contributed by atoms with Gasteiger partial charge < -0.3 is 0 Å². The van der Waals surface area contributed by atoms with Crippen molar-refractivity contribution in [3.63, 3.8) is 0 Å². The minimum Gasteiger partial charge on any atom is -0.162 e. The smallest absolute Gasteiger partial charge is 0.162 e. The molecule has 0 saturated heterocycles. The average molecular weight is 388 g/mol. The third kappa shape index (κ3) is 3.42. The molecule has 0 heterocycles. The van der Waals surface area contributed by atoms with Gasteiger partial charge >= 0.3 is 0 Å². The molecule has 0 N–H and O–H groups in total. The predicted octanol–water partition coefficient (Wildman–Crippen LogP) is 6.36. The Balaban J connectivity index is 1.81. The lowest BCUT2D eigenvalue weighted by Gasteiger charge is -2.23. The SMILES string of the molecule is CCC1=CC2=C(C=CC=CC2c2ccccc2)C1[Si](Cl)c1ccccc1C. The van der Waals surface area contributed by atoms with Crippen molar-refractivity contribution in [2.45, 2.75) is 31.7 Å². The molecule has 2 aromatic rings. The van der Waals surface area contributed by atoms with Crippen LogP contribution in [0.5, 0.6) is 0 Å². The molecule has 0 aliphatic heterocycles. The molecular formula is C25H24ClSi. The van der Waals surface area contributed by atoms with E-state index in [2.05, 4.69) is 98.8 Å². The average Bonchev–Trinajstić information content (AvgIpc) is 2.94. The number of rotatable bonds is 4. The zero-order chi connectivity index (χ0) is 18.8. The van der Waals surface area contributed by atoms with Crippen molar-refractivity contribution in [3.8, 4) is 0 Å². The van der Waals surface area contributed by atoms with Gasteiger partial charge in [0.2, 0.25) is 8.11 Å². The molecule has 2 atom stereocenters. The zero-order valence-electron chi connectivity index (χ0n) is 15.8. The fourth-order valence-corrected chi connectivity index (χ4v) is 7.77. The van der Waals surface area contributed by atoms with E-state index in [0.29, 0.717) is 11.5 Å². The van der Waals surface area contributed by atoms with Gasteiger partial charge in [0.25, 0.3) is 0 Å². The molecule has 0 bridgehead atoms. The van der Waals surface area contributed by atoms with Gasteiger partial charge in [0.05, 0.1) is 0 Å². The van der Waals surface area contributed by atoms with Gasteiger partial charge in [-0.05, 0) is 35.2 Å². The van der Waals surface area contributed by atoms with Gasteiger partial charge in [0.1, 0.15) is 0 Å². The zero-order valence-corrected chi connectivity index (χ0v) is 17.6. The van der Waals surface area contributed by atoms with Gasteiger partial charge in [-0.25, -0.2) is 0 Å². The van der Waals surface area contributed by atoms with E-state index in [4.69, 9.17) is 11.1 Å². The molecule has 2 heteroatoms. The maximum atomic E-state index is 7.23. The minimum atomic E-state index is -1.26. The third-order valence-corrected chi connectivity index (χ3v) is 9.13. The maximum Gasteiger partial charge on any atom is 0.211 e. The molecule has 1 radical (unpaired) electrons. The van der Waals surface area contributed by atoms with Gasteiger partial charge in [-0.15, -0.1) is 0 Å². The number of halogens is 1. The van der Waals surface area contributed by atoms with E-state index in [1.165, 1.54) is 33.0 Å². The molecule has 0 spiro atoms. The van der Waals surface area contributed by atoms with Crippen LogP contribution < -0.4 is 5.19 Å². The second kappa shape index (κ2) is 7.88. The van der Waals surface area contributed by atoms with Crippen LogP contribution in [-0.4, -0.2) is 8.11 Å². The summed E-state index contributed by atoms with van der Waals surface area (Å²) >= 11 is 7.23. The van der Waals surface area contributed by atoms with Crippen LogP contribution >= 0.6 is 11.1 Å². The Morgan fingerprint density at radius 2 is 1.67 bits per heavy atom. The molecule has 27 heavy (non-hydrogen) atoms. The predicted molar refractivity (Wildman–Crippen MR) is 119 cm³/mol. The van der Waals surface area contributed by atoms with Gasteiger partial charge in [-0.2, -0.15) is 11.1 Å². The van der Waals surface area contributed by atoms with Crippen LogP contribution in [0, 0.1) is 6.92 Å². The van der Waals surface area contributed by atoms with E-state index in [-0.39, 0.29) is 0 Å². The van der Waals surface area contributed by atoms with Crippen LogP contribution in [-0.2, 0) is 0 Å². The van der Waals surface area contributed by atoms with Crippen LogP contribution in [0.1, 0.15) is 30.4 Å². The Kier molecular flexibility index (Phi) is 5.33. The lowest BCUT2D eigenvalue weighted by atomic mass is 9.90. The number of allylic oxidation sites excluding steroid dienone is 8. The Hall–Kier alpha value is -2.09. The summed E-state index contributed by atoms with van der Waals surface area (Å²) in [6.45, 7) is 4.44. The Morgan fingerprint density at radius 1 is 0.926 bits per heavy atom. The highest BCUT2D eigenvalue weighted by Crippen LogP contribution is 2.47. The molecule has 2 aromatic carbocycles. The largest absolute Gasteiger partial charge is 0.211 e. The van der Waals surface area contributed by atoms with Crippen molar-refractivity contribution in [1.82, 2.24) is 0 Å². The van der Waals surface area contributed by atoms with E-state index >= 15 is 0 Å². The van der Waals surface area contributed by atoms with Crippen molar-refractivity contribution < 1.29 is 0 Å². The highest BCUT2D eigenvalue weighted by Gasteiger charge is 2.36. The fraction of sp³-hybridized carbons (Fsp3) is 0.200. The molecule has 0 fully saturated rings. The summed E-state index contributed by atoms with van der Waals surface area (Å²) in [7, 11) is -1.26. The Morgan fingerprint density at radius 3 is 2.41 bits per heavy atom. The molecule has 0 aromatic heterocycles. The normalized spacial score (nSPS) is 21.4. The number of hydrogen-bond donors (Lipinski definition) is 0. The molecular weight excluding hydrogens is 364 g/mol. The maximum absolute atomic E-state index is 7.23. The van der Waals surface area contributed by atoms with Crippen LogP contribution in [0.4, 0.5) is 0 Å². The summed E-state index contributed by atoms with van der Waals surface area (Å²) in [5.74, 6) is 0.297. The van der Waals surface area contributed by atoms with Crippen LogP contribution in [0.15, 0.2) is 102 Å². The van der Waals surface area contributed by atoms with E-state index < -0.39 is 8.11 Å².